The molecule has 19 heavy (non-hydrogen) atoms. The minimum absolute atomic E-state index is 0.00381. The van der Waals surface area contributed by atoms with Crippen LogP contribution in [0.3, 0.4) is 0 Å². The van der Waals surface area contributed by atoms with Crippen LogP contribution in [-0.4, -0.2) is 21.7 Å². The maximum Gasteiger partial charge on any atom is 0.258 e. The Morgan fingerprint density at radius 2 is 2.05 bits per heavy atom. The van der Waals surface area contributed by atoms with Crippen molar-refractivity contribution in [2.45, 2.75) is 13.5 Å². The van der Waals surface area contributed by atoms with Gasteiger partial charge in [-0.15, -0.1) is 0 Å². The Morgan fingerprint density at radius 1 is 1.42 bits per heavy atom. The topological polar surface area (TPSA) is 67.8 Å². The summed E-state index contributed by atoms with van der Waals surface area (Å²) in [6.07, 6.45) is 1.44. The van der Waals surface area contributed by atoms with Gasteiger partial charge in [0.05, 0.1) is 7.11 Å². The molecule has 0 saturated carbocycles. The quantitative estimate of drug-likeness (QED) is 0.596. The van der Waals surface area contributed by atoms with Gasteiger partial charge in [0.2, 0.25) is 0 Å². The average molecular weight is 394 g/mol. The van der Waals surface area contributed by atoms with Crippen LogP contribution in [0.4, 0.5) is 0 Å². The summed E-state index contributed by atoms with van der Waals surface area (Å²) in [5, 5.41) is 0.00381. The van der Waals surface area contributed by atoms with E-state index in [1.165, 1.54) is 10.3 Å². The van der Waals surface area contributed by atoms with E-state index in [9.17, 15) is 8.42 Å². The number of nitrogens with one attached hydrogen (secondary N) is 1. The highest BCUT2D eigenvalue weighted by atomic mass is 127. The number of halogens is 1. The number of ether oxygens (including phenoxy) is 1. The summed E-state index contributed by atoms with van der Waals surface area (Å²) in [4.78, 5) is 3.81. The molecule has 0 aliphatic carbocycles. The van der Waals surface area contributed by atoms with Gasteiger partial charge >= 0.3 is 0 Å². The zero-order valence-electron chi connectivity index (χ0n) is 10.6. The van der Waals surface area contributed by atoms with Crippen LogP contribution < -0.4 is 9.46 Å². The second-order valence-electron chi connectivity index (χ2n) is 3.51. The van der Waals surface area contributed by atoms with Gasteiger partial charge in [0.1, 0.15) is 5.75 Å². The van der Waals surface area contributed by atoms with Crippen molar-refractivity contribution in [1.82, 2.24) is 4.72 Å². The average Bonchev–Trinajstić information content (AvgIpc) is 2.43. The zero-order valence-corrected chi connectivity index (χ0v) is 13.6. The first-order valence-corrected chi connectivity index (χ1v) is 8.18. The van der Waals surface area contributed by atoms with E-state index in [2.05, 4.69) is 9.71 Å². The van der Waals surface area contributed by atoms with Crippen LogP contribution in [-0.2, 0) is 16.6 Å². The fourth-order valence-electron chi connectivity index (χ4n) is 1.28. The van der Waals surface area contributed by atoms with E-state index in [1.807, 2.05) is 22.6 Å². The van der Waals surface area contributed by atoms with Crippen LogP contribution in [0.15, 0.2) is 38.4 Å². The fourth-order valence-corrected chi connectivity index (χ4v) is 3.31. The minimum atomic E-state index is -3.57. The molecule has 0 aromatic heterocycles. The largest absolute Gasteiger partial charge is 0.497 e. The molecule has 0 bridgehead atoms. The monoisotopic (exact) mass is 394 g/mol. The number of rotatable bonds is 6. The van der Waals surface area contributed by atoms with E-state index in [1.54, 1.807) is 38.3 Å². The summed E-state index contributed by atoms with van der Waals surface area (Å²) in [6.45, 7) is 1.87. The summed E-state index contributed by atoms with van der Waals surface area (Å²) >= 11 is 1.85. The Balaban J connectivity index is 2.74. The molecule has 0 saturated heterocycles. The van der Waals surface area contributed by atoms with Gasteiger partial charge in [0.25, 0.3) is 10.0 Å². The van der Waals surface area contributed by atoms with Crippen molar-refractivity contribution in [3.8, 4) is 5.75 Å². The normalized spacial score (nSPS) is 12.9. The third kappa shape index (κ3) is 4.92. The molecule has 1 aromatic rings. The van der Waals surface area contributed by atoms with Crippen molar-refractivity contribution in [1.29, 1.82) is 0 Å². The van der Waals surface area contributed by atoms with Crippen molar-refractivity contribution in [3.63, 3.8) is 0 Å². The Morgan fingerprint density at radius 3 is 2.53 bits per heavy atom. The molecule has 0 radical (unpaired) electrons. The zero-order chi connectivity index (χ0) is 14.3. The number of sulfonamides is 1. The lowest BCUT2D eigenvalue weighted by molar-refractivity contribution is 0.414. The first-order chi connectivity index (χ1) is 9.03. The lowest BCUT2D eigenvalue weighted by Crippen LogP contribution is -2.23. The van der Waals surface area contributed by atoms with Gasteiger partial charge in [0, 0.05) is 16.8 Å². The van der Waals surface area contributed by atoms with Crippen molar-refractivity contribution in [3.05, 3.63) is 38.9 Å². The number of nitrogens with zero attached hydrogens (tertiary/aromatic N) is 1. The molecule has 0 atom stereocenters. The molecular weight excluding hydrogens is 379 g/mol. The molecule has 0 heterocycles. The number of methoxy groups -OCH3 is 1. The molecule has 0 unspecified atom stereocenters. The molecular formula is C12H15IN2O3S. The Hall–Kier alpha value is -0.930. The van der Waals surface area contributed by atoms with Crippen molar-refractivity contribution in [2.75, 3.05) is 7.11 Å². The molecule has 0 amide bonds. The van der Waals surface area contributed by atoms with E-state index >= 15 is 0 Å². The molecule has 0 spiro atoms. The fraction of sp³-hybridized carbons (Fsp3) is 0.250. The van der Waals surface area contributed by atoms with Gasteiger partial charge in [-0.2, -0.15) is 0 Å². The predicted octanol–water partition coefficient (Wildman–Crippen LogP) is 2.44. The second-order valence-corrected chi connectivity index (χ2v) is 5.84. The van der Waals surface area contributed by atoms with Gasteiger partial charge < -0.3 is 4.74 Å². The van der Waals surface area contributed by atoms with Crippen molar-refractivity contribution >= 4 is 38.8 Å². The molecule has 7 heteroatoms. The Kier molecular flexibility index (Phi) is 6.46. The van der Waals surface area contributed by atoms with Crippen LogP contribution in [0.5, 0.6) is 5.75 Å². The summed E-state index contributed by atoms with van der Waals surface area (Å²) in [5.41, 5.74) is 0.845. The predicted molar refractivity (Wildman–Crippen MR) is 85.0 cm³/mol. The lowest BCUT2D eigenvalue weighted by atomic mass is 10.2. The van der Waals surface area contributed by atoms with Crippen LogP contribution in [0.2, 0.25) is 0 Å². The number of hydrogen-bond acceptors (Lipinski definition) is 4. The first-order valence-electron chi connectivity index (χ1n) is 5.45. The molecule has 5 nitrogen and oxygen atoms in total. The summed E-state index contributed by atoms with van der Waals surface area (Å²) in [6, 6.07) is 7.17. The summed E-state index contributed by atoms with van der Waals surface area (Å²) < 4.78 is 32.8. The number of aliphatic imine (C=N–C) groups is 1. The highest BCUT2D eigenvalue weighted by molar-refractivity contribution is 14.1. The molecule has 0 fully saturated rings. The lowest BCUT2D eigenvalue weighted by Gasteiger charge is -2.07. The Bertz CT molecular complexity index is 565. The van der Waals surface area contributed by atoms with E-state index in [0.717, 1.165) is 11.3 Å². The Labute approximate surface area is 127 Å². The standard InChI is InChI=1S/C12H15IN2O3S/c1-3-14-12(8-13)19(16,17)15-9-10-4-6-11(18-2)7-5-10/h3-8,15H,9H2,1-2H3/b12-8+,14-3?. The highest BCUT2D eigenvalue weighted by Crippen LogP contribution is 2.13. The third-order valence-electron chi connectivity index (χ3n) is 2.25. The molecule has 1 rings (SSSR count). The maximum atomic E-state index is 11.9. The van der Waals surface area contributed by atoms with Crippen LogP contribution in [0.1, 0.15) is 12.5 Å². The molecule has 0 aliphatic rings. The second kappa shape index (κ2) is 7.61. The summed E-state index contributed by atoms with van der Waals surface area (Å²) in [7, 11) is -1.99. The van der Waals surface area contributed by atoms with Crippen LogP contribution in [0, 0.1) is 0 Å². The van der Waals surface area contributed by atoms with E-state index < -0.39 is 10.0 Å². The molecule has 0 aliphatic heterocycles. The maximum absolute atomic E-state index is 11.9. The minimum Gasteiger partial charge on any atom is -0.497 e. The van der Waals surface area contributed by atoms with Gasteiger partial charge in [-0.3, -0.25) is 0 Å². The highest BCUT2D eigenvalue weighted by Gasteiger charge is 2.15. The van der Waals surface area contributed by atoms with Crippen LogP contribution >= 0.6 is 22.6 Å². The SMILES string of the molecule is CC=N/C(=C\I)S(=O)(=O)NCc1ccc(OC)cc1. The van der Waals surface area contributed by atoms with Gasteiger partial charge in [-0.1, -0.05) is 12.1 Å². The first kappa shape index (κ1) is 16.1. The summed E-state index contributed by atoms with van der Waals surface area (Å²) in [5.74, 6) is 0.732. The van der Waals surface area contributed by atoms with Crippen molar-refractivity contribution < 1.29 is 13.2 Å². The van der Waals surface area contributed by atoms with Gasteiger partial charge in [-0.05, 0) is 47.2 Å². The number of benzene rings is 1. The molecule has 1 aromatic carbocycles. The molecule has 104 valence electrons. The number of hydrogen-bond donors (Lipinski definition) is 1. The van der Waals surface area contributed by atoms with Crippen molar-refractivity contribution in [2.24, 2.45) is 4.99 Å². The van der Waals surface area contributed by atoms with E-state index in [4.69, 9.17) is 4.74 Å². The van der Waals surface area contributed by atoms with Gasteiger partial charge in [0.15, 0.2) is 5.03 Å². The van der Waals surface area contributed by atoms with E-state index in [0.29, 0.717) is 0 Å². The van der Waals surface area contributed by atoms with Gasteiger partial charge in [-0.25, -0.2) is 18.1 Å². The smallest absolute Gasteiger partial charge is 0.258 e. The molecule has 1 N–H and O–H groups in total. The van der Waals surface area contributed by atoms with Crippen LogP contribution in [0.25, 0.3) is 0 Å². The van der Waals surface area contributed by atoms with E-state index in [-0.39, 0.29) is 11.6 Å². The third-order valence-corrected chi connectivity index (χ3v) is 4.56.